The third kappa shape index (κ3) is 2.89. The van der Waals surface area contributed by atoms with Crippen LogP contribution in [0, 0.1) is 47.3 Å². The van der Waals surface area contributed by atoms with Crippen LogP contribution >= 0.6 is 0 Å². The molecule has 8 atom stereocenters. The van der Waals surface area contributed by atoms with Gasteiger partial charge < -0.3 is 20.1 Å². The average molecular weight is 483 g/mol. The maximum absolute atomic E-state index is 13.1. The number of methoxy groups -OCH3 is 1. The van der Waals surface area contributed by atoms with Gasteiger partial charge in [0.05, 0.1) is 31.3 Å². The minimum absolute atomic E-state index is 0.0961. The van der Waals surface area contributed by atoms with Gasteiger partial charge in [0.25, 0.3) is 0 Å². The highest BCUT2D eigenvalue weighted by Crippen LogP contribution is 2.73. The SMILES string of the molecule is COC(=O)[C@@]1(C)[C@@H]2CC[C@]3(C)[C@H](CC=C4c5c(ccc(C)c5C)CC[C@]43CO)[C@@]2(C)C[C@@H](O)[C@@H]1O. The van der Waals surface area contributed by atoms with Crippen molar-refractivity contribution in [2.24, 2.45) is 33.5 Å². The summed E-state index contributed by atoms with van der Waals surface area (Å²) in [6, 6.07) is 4.47. The fraction of sp³-hybridized carbons (Fsp3) is 0.700. The molecule has 192 valence electrons. The Morgan fingerprint density at radius 1 is 1.11 bits per heavy atom. The Morgan fingerprint density at radius 3 is 2.49 bits per heavy atom. The Hall–Kier alpha value is -1.69. The summed E-state index contributed by atoms with van der Waals surface area (Å²) in [5.41, 5.74) is 4.50. The van der Waals surface area contributed by atoms with Crippen molar-refractivity contribution in [3.63, 3.8) is 0 Å². The highest BCUT2D eigenvalue weighted by Gasteiger charge is 2.70. The highest BCUT2D eigenvalue weighted by atomic mass is 16.5. The maximum atomic E-state index is 13.1. The molecule has 0 saturated heterocycles. The molecule has 5 heteroatoms. The molecule has 4 aliphatic rings. The second kappa shape index (κ2) is 7.90. The number of aliphatic hydroxyl groups excluding tert-OH is 3. The fourth-order valence-corrected chi connectivity index (χ4v) is 9.59. The number of aliphatic hydroxyl groups is 3. The second-order valence-electron chi connectivity index (χ2n) is 12.7. The first kappa shape index (κ1) is 25.0. The Kier molecular flexibility index (Phi) is 5.64. The molecule has 4 aliphatic carbocycles. The Morgan fingerprint density at radius 2 is 1.83 bits per heavy atom. The number of benzene rings is 1. The van der Waals surface area contributed by atoms with Gasteiger partial charge in [0.1, 0.15) is 0 Å². The topological polar surface area (TPSA) is 87.0 Å². The minimum Gasteiger partial charge on any atom is -0.469 e. The summed E-state index contributed by atoms with van der Waals surface area (Å²) >= 11 is 0. The van der Waals surface area contributed by atoms with Crippen LogP contribution in [0.5, 0.6) is 0 Å². The van der Waals surface area contributed by atoms with Crippen LogP contribution in [0.25, 0.3) is 5.57 Å². The van der Waals surface area contributed by atoms with Gasteiger partial charge in [0, 0.05) is 5.41 Å². The lowest BCUT2D eigenvalue weighted by atomic mass is 9.35. The first-order valence-electron chi connectivity index (χ1n) is 13.3. The van der Waals surface area contributed by atoms with Crippen LogP contribution in [0.15, 0.2) is 18.2 Å². The lowest BCUT2D eigenvalue weighted by Crippen LogP contribution is -2.68. The van der Waals surface area contributed by atoms with E-state index in [1.165, 1.54) is 34.9 Å². The number of hydrogen-bond acceptors (Lipinski definition) is 5. The van der Waals surface area contributed by atoms with E-state index in [0.29, 0.717) is 6.42 Å². The number of carbonyl (C=O) groups excluding carboxylic acids is 1. The summed E-state index contributed by atoms with van der Waals surface area (Å²) < 4.78 is 5.19. The molecule has 0 unspecified atom stereocenters. The molecule has 0 heterocycles. The summed E-state index contributed by atoms with van der Waals surface area (Å²) in [7, 11) is 1.37. The molecule has 1 aromatic rings. The van der Waals surface area contributed by atoms with E-state index in [0.717, 1.165) is 32.1 Å². The van der Waals surface area contributed by atoms with Gasteiger partial charge in [-0.25, -0.2) is 0 Å². The molecule has 0 aliphatic heterocycles. The Balaban J connectivity index is 1.68. The molecule has 1 aromatic carbocycles. The summed E-state index contributed by atoms with van der Waals surface area (Å²) in [5, 5.41) is 33.3. The molecule has 0 radical (unpaired) electrons. The standard InChI is InChI=1S/C30H42O5/c1-17-7-8-19-11-14-30(16-31)20(24(19)18(17)2)9-10-22-27(3)15-21(32)25(33)29(5,26(34)35-6)23(27)12-13-28(22,30)4/h7-9,21-23,25,31-33H,10-16H2,1-6H3/t21-,22-,23-,25+,27-,28-,29+,30+/m1/s1. The monoisotopic (exact) mass is 482 g/mol. The van der Waals surface area contributed by atoms with Crippen molar-refractivity contribution >= 4 is 11.5 Å². The quantitative estimate of drug-likeness (QED) is 0.545. The van der Waals surface area contributed by atoms with Crippen LogP contribution in [0.2, 0.25) is 0 Å². The van der Waals surface area contributed by atoms with Crippen LogP contribution in [0.4, 0.5) is 0 Å². The third-order valence-corrected chi connectivity index (χ3v) is 11.6. The van der Waals surface area contributed by atoms with E-state index < -0.39 is 23.6 Å². The summed E-state index contributed by atoms with van der Waals surface area (Å²) in [4.78, 5) is 13.1. The number of allylic oxidation sites excluding steroid dienone is 1. The van der Waals surface area contributed by atoms with E-state index in [4.69, 9.17) is 4.74 Å². The molecule has 0 amide bonds. The van der Waals surface area contributed by atoms with Crippen molar-refractivity contribution in [1.29, 1.82) is 0 Å². The third-order valence-electron chi connectivity index (χ3n) is 11.6. The van der Waals surface area contributed by atoms with Crippen molar-refractivity contribution in [3.05, 3.63) is 40.5 Å². The van der Waals surface area contributed by atoms with E-state index in [-0.39, 0.29) is 34.7 Å². The molecule has 5 nitrogen and oxygen atoms in total. The second-order valence-corrected chi connectivity index (χ2v) is 12.7. The van der Waals surface area contributed by atoms with E-state index in [1.54, 1.807) is 6.92 Å². The molecule has 0 aromatic heterocycles. The first-order valence-corrected chi connectivity index (χ1v) is 13.3. The predicted octanol–water partition coefficient (Wildman–Crippen LogP) is 4.36. The van der Waals surface area contributed by atoms with Crippen LogP contribution < -0.4 is 0 Å². The van der Waals surface area contributed by atoms with Crippen molar-refractivity contribution in [2.75, 3.05) is 13.7 Å². The lowest BCUT2D eigenvalue weighted by Gasteiger charge is -2.69. The van der Waals surface area contributed by atoms with E-state index in [1.807, 2.05) is 0 Å². The van der Waals surface area contributed by atoms with Crippen LogP contribution in [-0.4, -0.2) is 47.2 Å². The molecule has 0 bridgehead atoms. The van der Waals surface area contributed by atoms with E-state index in [2.05, 4.69) is 45.9 Å². The Labute approximate surface area is 209 Å². The zero-order valence-electron chi connectivity index (χ0n) is 22.1. The van der Waals surface area contributed by atoms with Gasteiger partial charge in [-0.15, -0.1) is 0 Å². The summed E-state index contributed by atoms with van der Waals surface area (Å²) in [6.45, 7) is 10.8. The van der Waals surface area contributed by atoms with Crippen LogP contribution in [0.3, 0.4) is 0 Å². The molecule has 2 fully saturated rings. The number of rotatable bonds is 2. The number of carbonyl (C=O) groups is 1. The molecule has 35 heavy (non-hydrogen) atoms. The first-order chi connectivity index (χ1) is 16.4. The Bertz CT molecular complexity index is 1090. The van der Waals surface area contributed by atoms with E-state index >= 15 is 0 Å². The smallest absolute Gasteiger partial charge is 0.314 e. The zero-order chi connectivity index (χ0) is 25.6. The summed E-state index contributed by atoms with van der Waals surface area (Å²) in [6.07, 6.45) is 4.99. The molecule has 0 spiro atoms. The largest absolute Gasteiger partial charge is 0.469 e. The average Bonchev–Trinajstić information content (AvgIpc) is 2.83. The zero-order valence-corrected chi connectivity index (χ0v) is 22.1. The van der Waals surface area contributed by atoms with Gasteiger partial charge in [0.2, 0.25) is 0 Å². The van der Waals surface area contributed by atoms with Crippen LogP contribution in [0.1, 0.15) is 75.1 Å². The van der Waals surface area contributed by atoms with Crippen molar-refractivity contribution in [2.45, 2.75) is 85.4 Å². The maximum Gasteiger partial charge on any atom is 0.314 e. The number of ether oxygens (including phenoxy) is 1. The summed E-state index contributed by atoms with van der Waals surface area (Å²) in [5.74, 6) is -0.378. The van der Waals surface area contributed by atoms with Gasteiger partial charge in [-0.05, 0) is 110 Å². The van der Waals surface area contributed by atoms with Crippen molar-refractivity contribution < 1.29 is 24.9 Å². The highest BCUT2D eigenvalue weighted by molar-refractivity contribution is 5.80. The van der Waals surface area contributed by atoms with Gasteiger partial charge >= 0.3 is 5.97 Å². The van der Waals surface area contributed by atoms with E-state index in [9.17, 15) is 20.1 Å². The molecular formula is C30H42O5. The van der Waals surface area contributed by atoms with Crippen LogP contribution in [-0.2, 0) is 16.0 Å². The van der Waals surface area contributed by atoms with Gasteiger partial charge in [0.15, 0.2) is 0 Å². The minimum atomic E-state index is -1.16. The number of fused-ring (bicyclic) bond motifs is 7. The normalized spacial score (nSPS) is 44.3. The fourth-order valence-electron chi connectivity index (χ4n) is 9.59. The molecular weight excluding hydrogens is 440 g/mol. The van der Waals surface area contributed by atoms with Crippen molar-refractivity contribution in [3.8, 4) is 0 Å². The van der Waals surface area contributed by atoms with Crippen molar-refractivity contribution in [1.82, 2.24) is 0 Å². The number of hydrogen-bond donors (Lipinski definition) is 3. The number of esters is 1. The lowest BCUT2D eigenvalue weighted by molar-refractivity contribution is -0.238. The number of aryl methyl sites for hydroxylation is 2. The molecule has 3 N–H and O–H groups in total. The van der Waals surface area contributed by atoms with Gasteiger partial charge in [-0.2, -0.15) is 0 Å². The predicted molar refractivity (Wildman–Crippen MR) is 136 cm³/mol. The van der Waals surface area contributed by atoms with Gasteiger partial charge in [-0.1, -0.05) is 32.1 Å². The molecule has 5 rings (SSSR count). The molecule has 2 saturated carbocycles. The van der Waals surface area contributed by atoms with Gasteiger partial charge in [-0.3, -0.25) is 4.79 Å².